The molecular formula is C16H22N2O3. The van der Waals surface area contributed by atoms with E-state index in [9.17, 15) is 9.90 Å². The van der Waals surface area contributed by atoms with E-state index in [2.05, 4.69) is 25.8 Å². The molecule has 0 aliphatic rings. The van der Waals surface area contributed by atoms with Crippen molar-refractivity contribution in [1.82, 2.24) is 9.55 Å². The Kier molecular flexibility index (Phi) is 4.05. The van der Waals surface area contributed by atoms with Gasteiger partial charge in [0.25, 0.3) is 0 Å². The Hall–Kier alpha value is -1.88. The first-order valence-corrected chi connectivity index (χ1v) is 7.07. The fourth-order valence-corrected chi connectivity index (χ4v) is 2.42. The van der Waals surface area contributed by atoms with Gasteiger partial charge in [0.05, 0.1) is 17.6 Å². The highest BCUT2D eigenvalue weighted by Crippen LogP contribution is 2.27. The number of fused-ring (bicyclic) bond motifs is 1. The van der Waals surface area contributed by atoms with Gasteiger partial charge in [0.15, 0.2) is 6.10 Å². The van der Waals surface area contributed by atoms with Gasteiger partial charge in [-0.25, -0.2) is 9.78 Å². The third-order valence-corrected chi connectivity index (χ3v) is 3.40. The van der Waals surface area contributed by atoms with Crippen LogP contribution in [0.3, 0.4) is 0 Å². The molecule has 5 nitrogen and oxygen atoms in total. The zero-order valence-electron chi connectivity index (χ0n) is 13.2. The van der Waals surface area contributed by atoms with E-state index in [0.29, 0.717) is 5.56 Å². The van der Waals surface area contributed by atoms with Gasteiger partial charge in [-0.3, -0.25) is 0 Å². The van der Waals surface area contributed by atoms with Crippen molar-refractivity contribution in [2.45, 2.75) is 39.2 Å². The maximum atomic E-state index is 11.6. The van der Waals surface area contributed by atoms with Gasteiger partial charge in [0.1, 0.15) is 5.82 Å². The van der Waals surface area contributed by atoms with Gasteiger partial charge in [0, 0.05) is 12.5 Å². The lowest BCUT2D eigenvalue weighted by molar-refractivity contribution is -0.153. The highest BCUT2D eigenvalue weighted by Gasteiger charge is 2.23. The third kappa shape index (κ3) is 2.93. The predicted molar refractivity (Wildman–Crippen MR) is 81.0 cm³/mol. The van der Waals surface area contributed by atoms with Crippen LogP contribution in [-0.4, -0.2) is 27.2 Å². The molecule has 1 unspecified atom stereocenters. The first kappa shape index (κ1) is 15.5. The van der Waals surface area contributed by atoms with Crippen molar-refractivity contribution in [3.8, 4) is 0 Å². The quantitative estimate of drug-likeness (QED) is 0.882. The smallest absolute Gasteiger partial charge is 0.339 e. The number of rotatable bonds is 3. The minimum Gasteiger partial charge on any atom is -0.464 e. The summed E-state index contributed by atoms with van der Waals surface area (Å²) in [7, 11) is 1.97. The summed E-state index contributed by atoms with van der Waals surface area (Å²) < 4.78 is 6.88. The number of aliphatic hydroxyl groups excluding tert-OH is 1. The van der Waals surface area contributed by atoms with Crippen LogP contribution in [0.2, 0.25) is 0 Å². The number of nitrogens with zero attached hydrogens (tertiary/aromatic N) is 2. The molecule has 0 aliphatic carbocycles. The number of hydrogen-bond donors (Lipinski definition) is 1. The molecule has 2 aromatic rings. The third-order valence-electron chi connectivity index (χ3n) is 3.40. The van der Waals surface area contributed by atoms with Crippen molar-refractivity contribution >= 4 is 17.0 Å². The van der Waals surface area contributed by atoms with Gasteiger partial charge in [-0.2, -0.15) is 0 Å². The number of benzene rings is 1. The molecule has 0 amide bonds. The highest BCUT2D eigenvalue weighted by molar-refractivity contribution is 5.81. The molecule has 0 aliphatic heterocycles. The van der Waals surface area contributed by atoms with E-state index >= 15 is 0 Å². The Morgan fingerprint density at radius 2 is 2.10 bits per heavy atom. The van der Waals surface area contributed by atoms with E-state index in [0.717, 1.165) is 16.9 Å². The Balaban J connectivity index is 2.45. The van der Waals surface area contributed by atoms with Crippen LogP contribution in [0.15, 0.2) is 18.2 Å². The van der Waals surface area contributed by atoms with Crippen LogP contribution in [0.4, 0.5) is 0 Å². The zero-order valence-corrected chi connectivity index (χ0v) is 13.2. The van der Waals surface area contributed by atoms with Crippen LogP contribution < -0.4 is 0 Å². The summed E-state index contributed by atoms with van der Waals surface area (Å²) in [6.45, 7) is 8.26. The minimum absolute atomic E-state index is 0.0757. The van der Waals surface area contributed by atoms with Gasteiger partial charge in [-0.15, -0.1) is 0 Å². The van der Waals surface area contributed by atoms with Crippen molar-refractivity contribution in [1.29, 1.82) is 0 Å². The molecule has 21 heavy (non-hydrogen) atoms. The molecule has 0 saturated heterocycles. The fraction of sp³-hybridized carbons (Fsp3) is 0.500. The first-order chi connectivity index (χ1) is 9.75. The molecule has 0 spiro atoms. The SMILES string of the molecule is CCOC(=O)C(O)c1ccc2c(c1)nc(C(C)(C)C)n2C. The first-order valence-electron chi connectivity index (χ1n) is 7.07. The molecule has 1 atom stereocenters. The summed E-state index contributed by atoms with van der Waals surface area (Å²) >= 11 is 0. The van der Waals surface area contributed by atoms with Gasteiger partial charge in [-0.1, -0.05) is 26.8 Å². The standard InChI is InChI=1S/C16H22N2O3/c1-6-21-14(20)13(19)10-7-8-12-11(9-10)17-15(18(12)5)16(2,3)4/h7-9,13,19H,6H2,1-5H3. The molecular weight excluding hydrogens is 268 g/mol. The van der Waals surface area contributed by atoms with E-state index in [-0.39, 0.29) is 12.0 Å². The highest BCUT2D eigenvalue weighted by atomic mass is 16.5. The number of aliphatic hydroxyl groups is 1. The molecule has 1 aromatic heterocycles. The molecule has 5 heteroatoms. The lowest BCUT2D eigenvalue weighted by Crippen LogP contribution is -2.17. The summed E-state index contributed by atoms with van der Waals surface area (Å²) in [4.78, 5) is 16.2. The largest absolute Gasteiger partial charge is 0.464 e. The van der Waals surface area contributed by atoms with Crippen molar-refractivity contribution in [2.24, 2.45) is 7.05 Å². The summed E-state index contributed by atoms with van der Waals surface area (Å²) in [5, 5.41) is 10.0. The molecule has 2 rings (SSSR count). The van der Waals surface area contributed by atoms with Gasteiger partial charge in [-0.05, 0) is 24.6 Å². The number of ether oxygens (including phenoxy) is 1. The molecule has 0 radical (unpaired) electrons. The number of aryl methyl sites for hydroxylation is 1. The molecule has 1 aromatic carbocycles. The van der Waals surface area contributed by atoms with Crippen molar-refractivity contribution in [3.63, 3.8) is 0 Å². The summed E-state index contributed by atoms with van der Waals surface area (Å²) in [5.41, 5.74) is 2.16. The maximum absolute atomic E-state index is 11.6. The second-order valence-electron chi connectivity index (χ2n) is 6.15. The number of carbonyl (C=O) groups is 1. The zero-order chi connectivity index (χ0) is 15.8. The summed E-state index contributed by atoms with van der Waals surface area (Å²) in [6, 6.07) is 5.35. The van der Waals surface area contributed by atoms with Crippen LogP contribution in [0, 0.1) is 0 Å². The minimum atomic E-state index is -1.27. The molecule has 0 saturated carbocycles. The van der Waals surface area contributed by atoms with Gasteiger partial charge < -0.3 is 14.4 Å². The van der Waals surface area contributed by atoms with Crippen LogP contribution in [0.1, 0.15) is 45.2 Å². The predicted octanol–water partition coefficient (Wildman–Crippen LogP) is 2.47. The molecule has 1 heterocycles. The Morgan fingerprint density at radius 3 is 2.67 bits per heavy atom. The molecule has 1 N–H and O–H groups in total. The Morgan fingerprint density at radius 1 is 1.43 bits per heavy atom. The molecule has 0 fully saturated rings. The lowest BCUT2D eigenvalue weighted by Gasteiger charge is -2.17. The topological polar surface area (TPSA) is 64.3 Å². The number of esters is 1. The van der Waals surface area contributed by atoms with E-state index in [1.807, 2.05) is 17.7 Å². The molecule has 114 valence electrons. The average molecular weight is 290 g/mol. The monoisotopic (exact) mass is 290 g/mol. The van der Waals surface area contributed by atoms with Crippen LogP contribution in [0.25, 0.3) is 11.0 Å². The number of imidazole rings is 1. The second kappa shape index (κ2) is 5.48. The van der Waals surface area contributed by atoms with Crippen LogP contribution in [-0.2, 0) is 22.0 Å². The Bertz CT molecular complexity index is 668. The van der Waals surface area contributed by atoms with E-state index in [1.54, 1.807) is 19.1 Å². The number of aromatic nitrogens is 2. The second-order valence-corrected chi connectivity index (χ2v) is 6.15. The average Bonchev–Trinajstić information content (AvgIpc) is 2.75. The normalized spacial score (nSPS) is 13.4. The lowest BCUT2D eigenvalue weighted by atomic mass is 9.96. The van der Waals surface area contributed by atoms with Crippen LogP contribution >= 0.6 is 0 Å². The van der Waals surface area contributed by atoms with E-state index < -0.39 is 12.1 Å². The van der Waals surface area contributed by atoms with Gasteiger partial charge in [0.2, 0.25) is 0 Å². The molecule has 0 bridgehead atoms. The van der Waals surface area contributed by atoms with Gasteiger partial charge >= 0.3 is 5.97 Å². The Labute approximate surface area is 124 Å². The van der Waals surface area contributed by atoms with Crippen molar-refractivity contribution in [2.75, 3.05) is 6.61 Å². The van der Waals surface area contributed by atoms with Crippen LogP contribution in [0.5, 0.6) is 0 Å². The van der Waals surface area contributed by atoms with Crippen molar-refractivity contribution < 1.29 is 14.6 Å². The number of hydrogen-bond acceptors (Lipinski definition) is 4. The van der Waals surface area contributed by atoms with Crippen molar-refractivity contribution in [3.05, 3.63) is 29.6 Å². The van der Waals surface area contributed by atoms with E-state index in [1.165, 1.54) is 0 Å². The maximum Gasteiger partial charge on any atom is 0.339 e. The summed E-state index contributed by atoms with van der Waals surface area (Å²) in [6.07, 6.45) is -1.27. The fourth-order valence-electron chi connectivity index (χ4n) is 2.42. The number of carbonyl (C=O) groups excluding carboxylic acids is 1. The summed E-state index contributed by atoms with van der Waals surface area (Å²) in [5.74, 6) is 0.323. The van der Waals surface area contributed by atoms with E-state index in [4.69, 9.17) is 4.74 Å².